The van der Waals surface area contributed by atoms with Crippen LogP contribution in [0.1, 0.15) is 5.56 Å². The van der Waals surface area contributed by atoms with Gasteiger partial charge in [0, 0.05) is 0 Å². The molecule has 3 aromatic rings. The molecule has 0 aliphatic heterocycles. The van der Waals surface area contributed by atoms with Crippen LogP contribution in [0.15, 0.2) is 72.8 Å². The third kappa shape index (κ3) is 3.95. The number of hydrogen-bond donors (Lipinski definition) is 1. The molecule has 1 nitrogen and oxygen atoms in total. The summed E-state index contributed by atoms with van der Waals surface area (Å²) in [7, 11) is 0. The van der Waals surface area contributed by atoms with Gasteiger partial charge in [0.15, 0.2) is 0 Å². The monoisotopic (exact) mass is 341 g/mol. The number of benzene rings is 3. The molecule has 0 amide bonds. The number of hydrogen-bond acceptors (Lipinski definition) is 1. The average molecular weight is 340 g/mol. The van der Waals surface area contributed by atoms with E-state index in [4.69, 9.17) is 0 Å². The van der Waals surface area contributed by atoms with Gasteiger partial charge in [0.1, 0.15) is 0 Å². The van der Waals surface area contributed by atoms with E-state index in [0.717, 1.165) is 13.1 Å². The Hall–Kier alpha value is -1.60. The number of fused-ring (bicyclic) bond motifs is 1. The zero-order valence-electron chi connectivity index (χ0n) is 12.0. The Labute approximate surface area is 132 Å². The molecule has 0 atom stereocenters. The number of nitrogens with one attached hydrogen (secondary N) is 1. The molecule has 0 heterocycles. The quantitative estimate of drug-likeness (QED) is 0.536. The fourth-order valence-electron chi connectivity index (χ4n) is 2.43. The molecule has 106 valence electrons. The molecule has 0 unspecified atom stereocenters. The van der Waals surface area contributed by atoms with Crippen LogP contribution in [0.4, 0.5) is 0 Å². The predicted molar refractivity (Wildman–Crippen MR) is 92.3 cm³/mol. The molecule has 0 aliphatic rings. The minimum absolute atomic E-state index is 0.576. The summed E-state index contributed by atoms with van der Waals surface area (Å²) < 4.78 is 1.48. The predicted octanol–water partition coefficient (Wildman–Crippen LogP) is 3.38. The molecule has 0 spiro atoms. The van der Waals surface area contributed by atoms with Gasteiger partial charge in [-0.3, -0.25) is 0 Å². The van der Waals surface area contributed by atoms with Gasteiger partial charge in [0.25, 0.3) is 0 Å². The van der Waals surface area contributed by atoms with Gasteiger partial charge < -0.3 is 0 Å². The fourth-order valence-corrected chi connectivity index (χ4v) is 4.17. The Morgan fingerprint density at radius 1 is 0.762 bits per heavy atom. The second kappa shape index (κ2) is 7.42. The van der Waals surface area contributed by atoms with Gasteiger partial charge in [0.05, 0.1) is 0 Å². The van der Waals surface area contributed by atoms with E-state index in [1.54, 1.807) is 0 Å². The van der Waals surface area contributed by atoms with Crippen LogP contribution < -0.4 is 9.78 Å². The van der Waals surface area contributed by atoms with Crippen molar-refractivity contribution in [2.75, 3.05) is 6.54 Å². The van der Waals surface area contributed by atoms with Gasteiger partial charge in [-0.25, -0.2) is 0 Å². The maximum atomic E-state index is 3.58. The molecule has 2 heteroatoms. The van der Waals surface area contributed by atoms with E-state index in [9.17, 15) is 0 Å². The number of rotatable bonds is 6. The van der Waals surface area contributed by atoms with Crippen molar-refractivity contribution in [2.45, 2.75) is 11.9 Å². The van der Waals surface area contributed by atoms with Crippen molar-refractivity contribution in [3.63, 3.8) is 0 Å². The summed E-state index contributed by atoms with van der Waals surface area (Å²) >= 11 is 0.576. The van der Waals surface area contributed by atoms with Gasteiger partial charge in [-0.05, 0) is 0 Å². The molecule has 0 bridgehead atoms. The minimum atomic E-state index is 0.576. The van der Waals surface area contributed by atoms with E-state index in [1.165, 1.54) is 26.1 Å². The van der Waals surface area contributed by atoms with E-state index in [0.29, 0.717) is 15.0 Å². The molecule has 1 N–H and O–H groups in total. The van der Waals surface area contributed by atoms with Crippen LogP contribution >= 0.6 is 0 Å². The molecule has 0 aliphatic carbocycles. The normalized spacial score (nSPS) is 10.9. The van der Waals surface area contributed by atoms with Crippen molar-refractivity contribution in [2.24, 2.45) is 0 Å². The van der Waals surface area contributed by atoms with Gasteiger partial charge in [-0.15, -0.1) is 0 Å². The summed E-state index contributed by atoms with van der Waals surface area (Å²) in [6.45, 7) is 2.03. The second-order valence-electron chi connectivity index (χ2n) is 4.98. The van der Waals surface area contributed by atoms with Crippen LogP contribution in [-0.4, -0.2) is 21.5 Å². The van der Waals surface area contributed by atoms with Crippen molar-refractivity contribution in [3.8, 4) is 0 Å². The van der Waals surface area contributed by atoms with E-state index in [1.807, 2.05) is 0 Å². The molecule has 0 radical (unpaired) electrons. The Morgan fingerprint density at radius 3 is 2.43 bits per heavy atom. The second-order valence-corrected chi connectivity index (χ2v) is 7.43. The van der Waals surface area contributed by atoms with Crippen LogP contribution in [0.3, 0.4) is 0 Å². The molecular formula is C19H19NSe. The van der Waals surface area contributed by atoms with E-state index < -0.39 is 0 Å². The Kier molecular flexibility index (Phi) is 5.07. The van der Waals surface area contributed by atoms with Crippen molar-refractivity contribution in [1.82, 2.24) is 5.32 Å². The van der Waals surface area contributed by atoms with Crippen LogP contribution in [0.25, 0.3) is 10.8 Å². The topological polar surface area (TPSA) is 12.0 Å². The Morgan fingerprint density at radius 2 is 1.52 bits per heavy atom. The zero-order valence-corrected chi connectivity index (χ0v) is 13.7. The molecular weight excluding hydrogens is 321 g/mol. The molecule has 0 fully saturated rings. The van der Waals surface area contributed by atoms with E-state index in [2.05, 4.69) is 78.1 Å². The third-order valence-electron chi connectivity index (χ3n) is 3.49. The summed E-state index contributed by atoms with van der Waals surface area (Å²) in [5, 5.41) is 7.50. The molecule has 3 aromatic carbocycles. The maximum absolute atomic E-state index is 3.58. The van der Waals surface area contributed by atoms with Crippen molar-refractivity contribution in [3.05, 3.63) is 78.4 Å². The molecule has 3 rings (SSSR count). The first-order valence-corrected chi connectivity index (χ1v) is 9.35. The third-order valence-corrected chi connectivity index (χ3v) is 5.61. The molecule has 21 heavy (non-hydrogen) atoms. The Balaban J connectivity index is 1.51. The van der Waals surface area contributed by atoms with Crippen LogP contribution in [-0.2, 0) is 6.54 Å². The standard InChI is InChI=1S/C19H19NSe/c1-2-10-18(11-3-1)21-14-13-20-15-17-9-6-8-16-7-4-5-12-19(16)17/h1-12,20H,13-15H2. The van der Waals surface area contributed by atoms with Crippen molar-refractivity contribution < 1.29 is 0 Å². The van der Waals surface area contributed by atoms with Crippen LogP contribution in [0.2, 0.25) is 5.32 Å². The van der Waals surface area contributed by atoms with Gasteiger partial charge in [-0.2, -0.15) is 0 Å². The van der Waals surface area contributed by atoms with Crippen LogP contribution in [0.5, 0.6) is 0 Å². The Bertz CT molecular complexity index is 689. The van der Waals surface area contributed by atoms with E-state index in [-0.39, 0.29) is 0 Å². The molecule has 0 aromatic heterocycles. The van der Waals surface area contributed by atoms with Gasteiger partial charge >= 0.3 is 132 Å². The van der Waals surface area contributed by atoms with Gasteiger partial charge in [0.2, 0.25) is 0 Å². The fraction of sp³-hybridized carbons (Fsp3) is 0.158. The summed E-state index contributed by atoms with van der Waals surface area (Å²) in [5.74, 6) is 0. The van der Waals surface area contributed by atoms with Crippen LogP contribution in [0, 0.1) is 0 Å². The average Bonchev–Trinajstić information content (AvgIpc) is 2.56. The van der Waals surface area contributed by atoms with E-state index >= 15 is 0 Å². The van der Waals surface area contributed by atoms with Crippen molar-refractivity contribution in [1.29, 1.82) is 0 Å². The summed E-state index contributed by atoms with van der Waals surface area (Å²) in [6.07, 6.45) is 0. The van der Waals surface area contributed by atoms with Gasteiger partial charge in [-0.1, -0.05) is 0 Å². The first kappa shape index (κ1) is 14.3. The van der Waals surface area contributed by atoms with Crippen molar-refractivity contribution >= 4 is 30.2 Å². The summed E-state index contributed by atoms with van der Waals surface area (Å²) in [6, 6.07) is 25.9. The first-order chi connectivity index (χ1) is 10.4. The summed E-state index contributed by atoms with van der Waals surface area (Å²) in [5.41, 5.74) is 1.39. The molecule has 0 saturated heterocycles. The first-order valence-electron chi connectivity index (χ1n) is 7.29. The summed E-state index contributed by atoms with van der Waals surface area (Å²) in [4.78, 5) is 0. The molecule has 0 saturated carbocycles. The zero-order chi connectivity index (χ0) is 14.3. The SMILES string of the molecule is c1ccc([Se]CCNCc2cccc3ccccc23)cc1.